The first kappa shape index (κ1) is 32.5. The third kappa shape index (κ3) is 5.33. The second kappa shape index (κ2) is 12.7. The van der Waals surface area contributed by atoms with Gasteiger partial charge in [-0.05, 0) is 84.5 Å². The molecule has 1 aromatic heterocycles. The molecule has 2 aliphatic heterocycles. The molecule has 5 aromatic rings. The van der Waals surface area contributed by atoms with Crippen LogP contribution < -0.4 is 24.6 Å². The van der Waals surface area contributed by atoms with Crippen LogP contribution in [0.2, 0.25) is 0 Å². The molecule has 2 aliphatic carbocycles. The lowest BCUT2D eigenvalue weighted by molar-refractivity contribution is -0.123. The number of carbonyl (C=O) groups excluding carboxylic acids is 3. The third-order valence-electron chi connectivity index (χ3n) is 10.9. The molecule has 2 saturated carbocycles. The van der Waals surface area contributed by atoms with Crippen molar-refractivity contribution in [3.05, 3.63) is 110 Å². The number of carbonyl (C=O) groups is 3. The molecule has 7 atom stereocenters. The maximum Gasteiger partial charge on any atom is 0.305 e. The number of hydrogen-bond donors (Lipinski definition) is 2. The van der Waals surface area contributed by atoms with E-state index < -0.39 is 5.92 Å². The predicted molar refractivity (Wildman–Crippen MR) is 201 cm³/mol. The maximum atomic E-state index is 14.1. The minimum atomic E-state index is -0.401. The number of nitrogens with zero attached hydrogens (tertiary/aromatic N) is 1. The van der Waals surface area contributed by atoms with Gasteiger partial charge in [0.1, 0.15) is 0 Å². The van der Waals surface area contributed by atoms with Gasteiger partial charge in [0.25, 0.3) is 5.91 Å². The highest BCUT2D eigenvalue weighted by Crippen LogP contribution is 2.68. The molecule has 3 heterocycles. The predicted octanol–water partition coefficient (Wildman–Crippen LogP) is 7.45. The van der Waals surface area contributed by atoms with Crippen LogP contribution in [0.15, 0.2) is 99.2 Å². The number of ether oxygens (including phenoxy) is 2. The zero-order valence-electron chi connectivity index (χ0n) is 27.3. The normalized spacial score (nSPS) is 25.8. The summed E-state index contributed by atoms with van der Waals surface area (Å²) in [4.78, 5) is 59.1. The van der Waals surface area contributed by atoms with E-state index in [1.807, 2.05) is 91.9 Å². The number of anilines is 2. The SMILES string of the molecule is CCOc1cc([C@H]2c3sc(=O)[nH]c3SC3C4CC(C5C(=O)N(c6ccc(Br)cc6)C(=O)C45)C32)ccc1OCC(=O)Nc1cccc2ccccc12. The van der Waals surface area contributed by atoms with Crippen LogP contribution >= 0.6 is 39.0 Å². The van der Waals surface area contributed by atoms with Crippen LogP contribution in [0.25, 0.3) is 10.8 Å². The molecule has 0 spiro atoms. The second-order valence-corrected chi connectivity index (χ2v) is 16.6. The van der Waals surface area contributed by atoms with Gasteiger partial charge in [-0.15, -0.1) is 11.8 Å². The van der Waals surface area contributed by atoms with Crippen molar-refractivity contribution in [2.24, 2.45) is 29.6 Å². The summed E-state index contributed by atoms with van der Waals surface area (Å²) < 4.78 is 13.0. The second-order valence-electron chi connectivity index (χ2n) is 13.5. The molecule has 3 amide bonds. The summed E-state index contributed by atoms with van der Waals surface area (Å²) in [5.74, 6) is -0.530. The van der Waals surface area contributed by atoms with Crippen LogP contribution in [0.1, 0.15) is 29.7 Å². The number of hydrogen-bond acceptors (Lipinski definition) is 8. The largest absolute Gasteiger partial charge is 0.490 e. The van der Waals surface area contributed by atoms with E-state index in [-0.39, 0.29) is 64.0 Å². The van der Waals surface area contributed by atoms with E-state index >= 15 is 0 Å². The molecule has 12 heteroatoms. The lowest BCUT2D eigenvalue weighted by Crippen LogP contribution is -2.42. The molecule has 258 valence electrons. The molecular weight excluding hydrogens is 750 g/mol. The molecule has 2 bridgehead atoms. The average Bonchev–Trinajstić information content (AvgIpc) is 3.87. The van der Waals surface area contributed by atoms with Gasteiger partial charge in [-0.3, -0.25) is 24.1 Å². The number of thiazole rings is 1. The fraction of sp³-hybridized carbons (Fsp3) is 0.282. The van der Waals surface area contributed by atoms with Crippen LogP contribution in [0.3, 0.4) is 0 Å². The van der Waals surface area contributed by atoms with Crippen molar-refractivity contribution in [1.82, 2.24) is 4.98 Å². The van der Waals surface area contributed by atoms with Crippen molar-refractivity contribution in [3.63, 3.8) is 0 Å². The molecule has 51 heavy (non-hydrogen) atoms. The number of H-pyrrole nitrogens is 1. The molecule has 4 aromatic carbocycles. The lowest BCUT2D eigenvalue weighted by atomic mass is 9.68. The number of halogens is 1. The van der Waals surface area contributed by atoms with Crippen LogP contribution in [0.5, 0.6) is 11.5 Å². The van der Waals surface area contributed by atoms with Crippen molar-refractivity contribution in [3.8, 4) is 11.5 Å². The van der Waals surface area contributed by atoms with E-state index in [9.17, 15) is 19.2 Å². The zero-order valence-corrected chi connectivity index (χ0v) is 30.6. The van der Waals surface area contributed by atoms with Gasteiger partial charge in [0.05, 0.1) is 29.2 Å². The molecule has 3 fully saturated rings. The minimum absolute atomic E-state index is 0.0140. The first-order chi connectivity index (χ1) is 24.8. The summed E-state index contributed by atoms with van der Waals surface area (Å²) in [5, 5.41) is 5.84. The van der Waals surface area contributed by atoms with Crippen LogP contribution in [0, 0.1) is 29.6 Å². The first-order valence-corrected chi connectivity index (χ1v) is 19.5. The van der Waals surface area contributed by atoms with E-state index in [1.165, 1.54) is 16.2 Å². The topological polar surface area (TPSA) is 118 Å². The van der Waals surface area contributed by atoms with Crippen molar-refractivity contribution in [2.75, 3.05) is 23.4 Å². The molecule has 9 rings (SSSR count). The van der Waals surface area contributed by atoms with Gasteiger partial charge in [-0.2, -0.15) is 0 Å². The Labute approximate surface area is 309 Å². The van der Waals surface area contributed by atoms with E-state index in [0.29, 0.717) is 29.5 Å². The molecule has 9 nitrogen and oxygen atoms in total. The molecule has 6 unspecified atom stereocenters. The van der Waals surface area contributed by atoms with Crippen molar-refractivity contribution < 1.29 is 23.9 Å². The Morgan fingerprint density at radius 3 is 2.49 bits per heavy atom. The summed E-state index contributed by atoms with van der Waals surface area (Å²) in [7, 11) is 0. The highest BCUT2D eigenvalue weighted by molar-refractivity contribution is 9.10. The number of amides is 3. The van der Waals surface area contributed by atoms with Crippen LogP contribution in [-0.2, 0) is 14.4 Å². The summed E-state index contributed by atoms with van der Waals surface area (Å²) in [5.41, 5.74) is 2.26. The number of aromatic nitrogens is 1. The Hall–Kier alpha value is -4.39. The molecular formula is C39H32BrN3O6S2. The summed E-state index contributed by atoms with van der Waals surface area (Å²) in [6, 6.07) is 26.7. The van der Waals surface area contributed by atoms with Crippen molar-refractivity contribution in [2.45, 2.75) is 29.5 Å². The maximum absolute atomic E-state index is 14.1. The fourth-order valence-electron chi connectivity index (χ4n) is 9.00. The van der Waals surface area contributed by atoms with Gasteiger partial charge in [0.2, 0.25) is 11.8 Å². The van der Waals surface area contributed by atoms with E-state index in [2.05, 4.69) is 26.2 Å². The number of imide groups is 1. The molecule has 4 aliphatic rings. The number of thioether (sulfide) groups is 1. The monoisotopic (exact) mass is 781 g/mol. The average molecular weight is 783 g/mol. The summed E-state index contributed by atoms with van der Waals surface area (Å²) in [6.45, 7) is 2.06. The van der Waals surface area contributed by atoms with Gasteiger partial charge in [0.15, 0.2) is 18.1 Å². The molecule has 0 radical (unpaired) electrons. The standard InChI is InChI=1S/C39H32BrN3O6S2/c1-2-48-28-16-20(10-15-27(28)49-18-29(44)41-26-9-5-7-19-6-3-4-8-23(19)26)30-31-24-17-25(34(31)50-36-35(30)51-39(47)42-36)33-32(24)37(45)43(38(33)46)22-13-11-21(40)12-14-22/h3-16,24-25,30-34H,2,17-18H2,1H3,(H,41,44)(H,42,47)/t24?,25?,30-,31?,32?,33?,34?/m1/s1. The van der Waals surface area contributed by atoms with Crippen molar-refractivity contribution >= 4 is 78.9 Å². The van der Waals surface area contributed by atoms with Gasteiger partial charge < -0.3 is 19.8 Å². The Morgan fingerprint density at radius 2 is 1.69 bits per heavy atom. The van der Waals surface area contributed by atoms with Gasteiger partial charge in [-0.25, -0.2) is 0 Å². The van der Waals surface area contributed by atoms with Gasteiger partial charge >= 0.3 is 4.87 Å². The zero-order chi connectivity index (χ0) is 35.0. The van der Waals surface area contributed by atoms with Gasteiger partial charge in [0, 0.05) is 31.6 Å². The van der Waals surface area contributed by atoms with Gasteiger partial charge in [-0.1, -0.05) is 69.7 Å². The number of benzene rings is 4. The summed E-state index contributed by atoms with van der Waals surface area (Å²) >= 11 is 6.32. The highest BCUT2D eigenvalue weighted by atomic mass is 79.9. The number of fused-ring (bicyclic) bond motifs is 10. The smallest absolute Gasteiger partial charge is 0.305 e. The lowest BCUT2D eigenvalue weighted by Gasteiger charge is -2.43. The van der Waals surface area contributed by atoms with Crippen molar-refractivity contribution in [1.29, 1.82) is 0 Å². The number of rotatable bonds is 8. The van der Waals surface area contributed by atoms with E-state index in [4.69, 9.17) is 9.47 Å². The fourth-order valence-corrected chi connectivity index (χ4v) is 12.2. The summed E-state index contributed by atoms with van der Waals surface area (Å²) in [6.07, 6.45) is 0.796. The van der Waals surface area contributed by atoms with Crippen LogP contribution in [0.4, 0.5) is 11.4 Å². The number of aromatic amines is 1. The minimum Gasteiger partial charge on any atom is -0.490 e. The Morgan fingerprint density at radius 1 is 0.922 bits per heavy atom. The Kier molecular flexibility index (Phi) is 8.08. The van der Waals surface area contributed by atoms with Crippen LogP contribution in [-0.4, -0.2) is 41.2 Å². The van der Waals surface area contributed by atoms with E-state index in [0.717, 1.165) is 37.1 Å². The Bertz CT molecular complexity index is 2280. The Balaban J connectivity index is 1.01. The molecule has 1 saturated heterocycles. The molecule has 2 N–H and O–H groups in total. The first-order valence-electron chi connectivity index (χ1n) is 17.0. The highest BCUT2D eigenvalue weighted by Gasteiger charge is 2.69. The third-order valence-corrected chi connectivity index (χ3v) is 14.0. The number of nitrogens with one attached hydrogen (secondary N) is 2. The quantitative estimate of drug-likeness (QED) is 0.157. The van der Waals surface area contributed by atoms with E-state index in [1.54, 1.807) is 11.8 Å².